The summed E-state index contributed by atoms with van der Waals surface area (Å²) < 4.78 is 0. The highest BCUT2D eigenvalue weighted by Crippen LogP contribution is 2.36. The van der Waals surface area contributed by atoms with Gasteiger partial charge in [-0.3, -0.25) is 9.59 Å². The Morgan fingerprint density at radius 3 is 1.58 bits per heavy atom. The monoisotopic (exact) mass is 706 g/mol. The topological polar surface area (TPSA) is 138 Å². The van der Waals surface area contributed by atoms with E-state index in [1.165, 1.54) is 0 Å². The first kappa shape index (κ1) is 34.3. The van der Waals surface area contributed by atoms with Crippen LogP contribution in [0.2, 0.25) is 0 Å². The lowest BCUT2D eigenvalue weighted by atomic mass is 9.96. The summed E-state index contributed by atoms with van der Waals surface area (Å²) in [5.41, 5.74) is 8.23. The van der Waals surface area contributed by atoms with Crippen LogP contribution in [0, 0.1) is 6.92 Å². The lowest BCUT2D eigenvalue weighted by Gasteiger charge is -2.26. The zero-order chi connectivity index (χ0) is 36.5. The number of nitrogens with one attached hydrogen (secondary N) is 2. The minimum atomic E-state index is -1.20. The van der Waals surface area contributed by atoms with E-state index in [1.807, 2.05) is 48.8 Å². The van der Waals surface area contributed by atoms with Gasteiger partial charge in [-0.15, -0.1) is 0 Å². The number of nitrogens with zero attached hydrogens (tertiary/aromatic N) is 4. The second-order valence-corrected chi connectivity index (χ2v) is 14.0. The van der Waals surface area contributed by atoms with Gasteiger partial charge in [-0.05, 0) is 77.6 Å². The molecule has 2 amide bonds. The Morgan fingerprint density at radius 1 is 0.642 bits per heavy atom. The maximum Gasteiger partial charge on any atom is 0.256 e. The van der Waals surface area contributed by atoms with E-state index in [2.05, 4.69) is 69.3 Å². The number of carbonyl (C=O) groups excluding carboxylic acids is 2. The quantitative estimate of drug-likeness (QED) is 0.125. The molecule has 10 heteroatoms. The number of aliphatic hydroxyl groups is 2. The van der Waals surface area contributed by atoms with Crippen LogP contribution in [-0.2, 0) is 9.59 Å². The van der Waals surface area contributed by atoms with Crippen molar-refractivity contribution in [3.63, 3.8) is 0 Å². The van der Waals surface area contributed by atoms with Crippen LogP contribution in [0.3, 0.4) is 0 Å². The van der Waals surface area contributed by atoms with Crippen LogP contribution in [0.25, 0.3) is 33.6 Å². The Bertz CT molecular complexity index is 2210. The maximum absolute atomic E-state index is 13.3. The number of likely N-dealkylation sites (tertiary alicyclic amines) is 2. The fourth-order valence-electron chi connectivity index (χ4n) is 7.79. The van der Waals surface area contributed by atoms with Gasteiger partial charge in [0, 0.05) is 13.1 Å². The average molecular weight is 707 g/mol. The third-order valence-electron chi connectivity index (χ3n) is 10.6. The van der Waals surface area contributed by atoms with Crippen LogP contribution in [-0.4, -0.2) is 64.9 Å². The summed E-state index contributed by atoms with van der Waals surface area (Å²) in [5, 5.41) is 21.6. The van der Waals surface area contributed by atoms with Crippen molar-refractivity contribution < 1.29 is 19.8 Å². The van der Waals surface area contributed by atoms with Gasteiger partial charge in [0.05, 0.1) is 35.9 Å². The van der Waals surface area contributed by atoms with Crippen molar-refractivity contribution in [3.8, 4) is 33.6 Å². The van der Waals surface area contributed by atoms with Gasteiger partial charge in [0.2, 0.25) is 0 Å². The second kappa shape index (κ2) is 14.7. The van der Waals surface area contributed by atoms with Crippen molar-refractivity contribution in [1.82, 2.24) is 29.7 Å². The molecular weight excluding hydrogens is 665 g/mol. The molecule has 0 unspecified atom stereocenters. The Balaban J connectivity index is 0.940. The highest BCUT2D eigenvalue weighted by atomic mass is 16.3. The molecule has 268 valence electrons. The molecule has 0 spiro atoms. The highest BCUT2D eigenvalue weighted by Gasteiger charge is 2.37. The molecule has 8 rings (SSSR count). The van der Waals surface area contributed by atoms with E-state index in [0.29, 0.717) is 24.2 Å². The number of aryl methyl sites for hydroxylation is 1. The molecule has 0 saturated carbocycles. The van der Waals surface area contributed by atoms with Crippen molar-refractivity contribution >= 4 is 11.8 Å². The number of benzene rings is 4. The van der Waals surface area contributed by atoms with Crippen molar-refractivity contribution in [2.75, 3.05) is 13.1 Å². The van der Waals surface area contributed by atoms with Crippen molar-refractivity contribution in [2.45, 2.75) is 56.9 Å². The molecule has 53 heavy (non-hydrogen) atoms. The molecule has 4 atom stereocenters. The molecule has 0 aliphatic carbocycles. The third kappa shape index (κ3) is 6.79. The minimum absolute atomic E-state index is 0.215. The Labute approximate surface area is 308 Å². The van der Waals surface area contributed by atoms with Gasteiger partial charge in [-0.25, -0.2) is 9.97 Å². The summed E-state index contributed by atoms with van der Waals surface area (Å²) in [6, 6.07) is 32.3. The van der Waals surface area contributed by atoms with Crippen molar-refractivity contribution in [1.29, 1.82) is 0 Å². The minimum Gasteiger partial charge on any atom is -0.378 e. The van der Waals surface area contributed by atoms with E-state index in [1.54, 1.807) is 34.1 Å². The van der Waals surface area contributed by atoms with Crippen LogP contribution < -0.4 is 0 Å². The Kier molecular flexibility index (Phi) is 9.47. The van der Waals surface area contributed by atoms with Crippen LogP contribution in [0.5, 0.6) is 0 Å². The summed E-state index contributed by atoms with van der Waals surface area (Å²) >= 11 is 0. The van der Waals surface area contributed by atoms with Crippen molar-refractivity contribution in [3.05, 3.63) is 144 Å². The number of H-pyrrole nitrogens is 2. The number of carbonyl (C=O) groups is 2. The standard InChI is InChI=1S/C43H42N6O4/c1-27-24-32(35-26-45-41(47-35)37-15-9-23-49(37)43(53)39(51)31-12-6-3-7-13-31)20-21-33(27)28-16-18-29(19-17-28)34-25-44-40(46-34)36-14-8-22-48(36)42(52)38(50)30-10-4-2-5-11-30/h2-7,10-13,16-21,24-26,36-39,50-51H,8-9,14-15,22-23H2,1H3,(H,44,46)(H,45,47)/t36-,37-,38+,39+/m0/s1. The molecule has 0 radical (unpaired) electrons. The number of rotatable bonds is 9. The summed E-state index contributed by atoms with van der Waals surface area (Å²) in [6.45, 7) is 3.26. The molecule has 2 aliphatic rings. The first-order valence-electron chi connectivity index (χ1n) is 18.2. The van der Waals surface area contributed by atoms with Gasteiger partial charge < -0.3 is 30.0 Å². The second-order valence-electron chi connectivity index (χ2n) is 14.0. The van der Waals surface area contributed by atoms with E-state index in [4.69, 9.17) is 0 Å². The summed E-state index contributed by atoms with van der Waals surface area (Å²) in [4.78, 5) is 46.3. The zero-order valence-electron chi connectivity index (χ0n) is 29.5. The maximum atomic E-state index is 13.3. The summed E-state index contributed by atoms with van der Waals surface area (Å²) in [5.74, 6) is 0.841. The smallest absolute Gasteiger partial charge is 0.256 e. The molecule has 6 aromatic rings. The van der Waals surface area contributed by atoms with Crippen LogP contribution >= 0.6 is 0 Å². The number of imidazole rings is 2. The Morgan fingerprint density at radius 2 is 1.09 bits per heavy atom. The molecule has 2 fully saturated rings. The summed E-state index contributed by atoms with van der Waals surface area (Å²) in [6.07, 6.45) is 4.49. The predicted octanol–water partition coefficient (Wildman–Crippen LogP) is 7.24. The fraction of sp³-hybridized carbons (Fsp3) is 0.256. The predicted molar refractivity (Wildman–Crippen MR) is 202 cm³/mol. The number of hydrogen-bond acceptors (Lipinski definition) is 6. The molecule has 4 heterocycles. The lowest BCUT2D eigenvalue weighted by Crippen LogP contribution is -2.35. The van der Waals surface area contributed by atoms with E-state index < -0.39 is 12.2 Å². The van der Waals surface area contributed by atoms with Gasteiger partial charge in [-0.1, -0.05) is 97.1 Å². The van der Waals surface area contributed by atoms with E-state index in [0.717, 1.165) is 76.5 Å². The molecule has 10 nitrogen and oxygen atoms in total. The zero-order valence-corrected chi connectivity index (χ0v) is 29.5. The van der Waals surface area contributed by atoms with Gasteiger partial charge in [0.25, 0.3) is 11.8 Å². The van der Waals surface area contributed by atoms with Crippen LogP contribution in [0.4, 0.5) is 0 Å². The van der Waals surface area contributed by atoms with Gasteiger partial charge in [-0.2, -0.15) is 0 Å². The fourth-order valence-corrected chi connectivity index (χ4v) is 7.79. The molecule has 2 saturated heterocycles. The largest absolute Gasteiger partial charge is 0.378 e. The average Bonchev–Trinajstić information content (AvgIpc) is 4.04. The van der Waals surface area contributed by atoms with Gasteiger partial charge >= 0.3 is 0 Å². The number of aromatic nitrogens is 4. The molecule has 2 aromatic heterocycles. The van der Waals surface area contributed by atoms with Crippen LogP contribution in [0.15, 0.2) is 116 Å². The van der Waals surface area contributed by atoms with E-state index in [-0.39, 0.29) is 23.9 Å². The Hall–Kier alpha value is -5.84. The van der Waals surface area contributed by atoms with Gasteiger partial charge in [0.1, 0.15) is 11.6 Å². The lowest BCUT2D eigenvalue weighted by molar-refractivity contribution is -0.142. The molecule has 0 bridgehead atoms. The number of aliphatic hydroxyl groups excluding tert-OH is 2. The van der Waals surface area contributed by atoms with E-state index in [9.17, 15) is 19.8 Å². The number of aromatic amines is 2. The third-order valence-corrected chi connectivity index (χ3v) is 10.6. The van der Waals surface area contributed by atoms with Gasteiger partial charge in [0.15, 0.2) is 12.2 Å². The molecule has 4 aromatic carbocycles. The first-order valence-corrected chi connectivity index (χ1v) is 18.2. The number of hydrogen-bond donors (Lipinski definition) is 4. The highest BCUT2D eigenvalue weighted by molar-refractivity contribution is 5.83. The van der Waals surface area contributed by atoms with Crippen LogP contribution in [0.1, 0.15) is 78.3 Å². The van der Waals surface area contributed by atoms with E-state index >= 15 is 0 Å². The number of amides is 2. The molecule has 4 N–H and O–H groups in total. The first-order chi connectivity index (χ1) is 25.9. The molecule has 2 aliphatic heterocycles. The normalized spacial score (nSPS) is 18.3. The SMILES string of the molecule is Cc1cc(-c2cnc([C@@H]3CCCN3C(=O)[C@H](O)c3ccccc3)[nH]2)ccc1-c1ccc(-c2cnc([C@@H]3CCCN3C(=O)[C@H](O)c3ccccc3)[nH]2)cc1. The van der Waals surface area contributed by atoms with Crippen molar-refractivity contribution in [2.24, 2.45) is 0 Å². The summed E-state index contributed by atoms with van der Waals surface area (Å²) in [7, 11) is 0. The molecular formula is C43H42N6O4.